The van der Waals surface area contributed by atoms with E-state index in [0.717, 1.165) is 18.8 Å². The van der Waals surface area contributed by atoms with Crippen LogP contribution in [0, 0.1) is 5.82 Å². The fraction of sp³-hybridized carbons (Fsp3) is 0.409. The van der Waals surface area contributed by atoms with E-state index in [1.54, 1.807) is 35.4 Å². The van der Waals surface area contributed by atoms with E-state index in [0.29, 0.717) is 51.5 Å². The monoisotopic (exact) mass is 411 g/mol. The molecule has 4 rings (SSSR count). The van der Waals surface area contributed by atoms with Gasteiger partial charge in [-0.2, -0.15) is 0 Å². The number of carbonyl (C=O) groups excluding carboxylic acids is 2. The maximum Gasteiger partial charge on any atom is 0.272 e. The minimum absolute atomic E-state index is 0.0570. The highest BCUT2D eigenvalue weighted by Crippen LogP contribution is 2.17. The second-order valence-electron chi connectivity index (χ2n) is 7.63. The standard InChI is InChI=1S/C22H26FN5O2/c23-18-4-6-19(7-5-18)26-13-15-27(16-14-26)21(29)17-25-9-11-28(12-10-25)22(30)20-3-1-2-8-24-20/h1-8H,9-17H2. The van der Waals surface area contributed by atoms with Crippen LogP contribution in [0.3, 0.4) is 0 Å². The zero-order chi connectivity index (χ0) is 20.9. The summed E-state index contributed by atoms with van der Waals surface area (Å²) in [6.45, 7) is 5.74. The molecule has 2 aliphatic rings. The van der Waals surface area contributed by atoms with Crippen molar-refractivity contribution in [1.29, 1.82) is 0 Å². The smallest absolute Gasteiger partial charge is 0.272 e. The molecule has 0 unspecified atom stereocenters. The van der Waals surface area contributed by atoms with Crippen molar-refractivity contribution >= 4 is 17.5 Å². The van der Waals surface area contributed by atoms with Crippen molar-refractivity contribution < 1.29 is 14.0 Å². The normalized spacial score (nSPS) is 17.8. The molecule has 0 N–H and O–H groups in total. The van der Waals surface area contributed by atoms with Gasteiger partial charge in [0.15, 0.2) is 0 Å². The molecule has 0 aliphatic carbocycles. The van der Waals surface area contributed by atoms with Crippen LogP contribution in [0.4, 0.5) is 10.1 Å². The molecule has 0 bridgehead atoms. The largest absolute Gasteiger partial charge is 0.368 e. The summed E-state index contributed by atoms with van der Waals surface area (Å²) in [5, 5.41) is 0. The van der Waals surface area contributed by atoms with Crippen LogP contribution in [-0.2, 0) is 4.79 Å². The van der Waals surface area contributed by atoms with E-state index in [4.69, 9.17) is 0 Å². The Morgan fingerprint density at radius 2 is 1.50 bits per heavy atom. The molecule has 0 atom stereocenters. The lowest BCUT2D eigenvalue weighted by Crippen LogP contribution is -2.54. The molecular formula is C22H26FN5O2. The number of nitrogens with zero attached hydrogens (tertiary/aromatic N) is 5. The molecule has 2 aromatic rings. The van der Waals surface area contributed by atoms with Crippen LogP contribution in [0.15, 0.2) is 48.7 Å². The molecule has 1 aromatic carbocycles. The fourth-order valence-corrected chi connectivity index (χ4v) is 3.92. The number of hydrogen-bond acceptors (Lipinski definition) is 5. The molecule has 158 valence electrons. The summed E-state index contributed by atoms with van der Waals surface area (Å²) in [7, 11) is 0. The average Bonchev–Trinajstić information content (AvgIpc) is 2.80. The Morgan fingerprint density at radius 3 is 2.13 bits per heavy atom. The van der Waals surface area contributed by atoms with E-state index in [1.807, 2.05) is 11.0 Å². The summed E-state index contributed by atoms with van der Waals surface area (Å²) in [6, 6.07) is 11.8. The van der Waals surface area contributed by atoms with Gasteiger partial charge in [-0.3, -0.25) is 19.5 Å². The summed E-state index contributed by atoms with van der Waals surface area (Å²) in [5.74, 6) is -0.175. The van der Waals surface area contributed by atoms with Crippen LogP contribution in [0.2, 0.25) is 0 Å². The van der Waals surface area contributed by atoms with Gasteiger partial charge < -0.3 is 14.7 Å². The number of amides is 2. The van der Waals surface area contributed by atoms with Gasteiger partial charge in [0.25, 0.3) is 5.91 Å². The maximum atomic E-state index is 13.1. The fourth-order valence-electron chi connectivity index (χ4n) is 3.92. The van der Waals surface area contributed by atoms with Crippen molar-refractivity contribution in [3.05, 3.63) is 60.2 Å². The van der Waals surface area contributed by atoms with Gasteiger partial charge in [0.05, 0.1) is 6.54 Å². The van der Waals surface area contributed by atoms with Gasteiger partial charge in [-0.25, -0.2) is 4.39 Å². The van der Waals surface area contributed by atoms with Crippen LogP contribution in [0.25, 0.3) is 0 Å². The van der Waals surface area contributed by atoms with Gasteiger partial charge >= 0.3 is 0 Å². The number of carbonyl (C=O) groups is 2. The molecule has 2 fully saturated rings. The van der Waals surface area contributed by atoms with Crippen molar-refractivity contribution in [2.75, 3.05) is 63.8 Å². The van der Waals surface area contributed by atoms with Crippen LogP contribution < -0.4 is 4.90 Å². The van der Waals surface area contributed by atoms with E-state index in [-0.39, 0.29) is 17.6 Å². The first kappa shape index (κ1) is 20.3. The van der Waals surface area contributed by atoms with Gasteiger partial charge in [0, 0.05) is 64.2 Å². The van der Waals surface area contributed by atoms with Crippen molar-refractivity contribution in [3.63, 3.8) is 0 Å². The minimum atomic E-state index is -0.241. The minimum Gasteiger partial charge on any atom is -0.368 e. The number of halogens is 1. The average molecular weight is 411 g/mol. The molecule has 2 saturated heterocycles. The van der Waals surface area contributed by atoms with Gasteiger partial charge in [-0.15, -0.1) is 0 Å². The zero-order valence-corrected chi connectivity index (χ0v) is 16.9. The van der Waals surface area contributed by atoms with E-state index in [9.17, 15) is 14.0 Å². The molecule has 2 amide bonds. The van der Waals surface area contributed by atoms with Gasteiger partial charge in [-0.05, 0) is 36.4 Å². The molecule has 0 spiro atoms. The van der Waals surface area contributed by atoms with E-state index < -0.39 is 0 Å². The Balaban J connectivity index is 1.22. The van der Waals surface area contributed by atoms with Crippen LogP contribution in [0.5, 0.6) is 0 Å². The lowest BCUT2D eigenvalue weighted by Gasteiger charge is -2.38. The summed E-state index contributed by atoms with van der Waals surface area (Å²) >= 11 is 0. The molecule has 30 heavy (non-hydrogen) atoms. The lowest BCUT2D eigenvalue weighted by atomic mass is 10.2. The SMILES string of the molecule is O=C(CN1CCN(C(=O)c2ccccn2)CC1)N1CCN(c2ccc(F)cc2)CC1. The van der Waals surface area contributed by atoms with Crippen molar-refractivity contribution in [2.24, 2.45) is 0 Å². The molecular weight excluding hydrogens is 385 g/mol. The topological polar surface area (TPSA) is 60.0 Å². The third kappa shape index (κ3) is 4.76. The summed E-state index contributed by atoms with van der Waals surface area (Å²) in [6.07, 6.45) is 1.62. The number of pyridine rings is 1. The number of hydrogen-bond donors (Lipinski definition) is 0. The quantitative estimate of drug-likeness (QED) is 0.760. The predicted octanol–water partition coefficient (Wildman–Crippen LogP) is 1.33. The van der Waals surface area contributed by atoms with Gasteiger partial charge in [-0.1, -0.05) is 6.07 Å². The first-order valence-corrected chi connectivity index (χ1v) is 10.3. The molecule has 3 heterocycles. The second-order valence-corrected chi connectivity index (χ2v) is 7.63. The molecule has 8 heteroatoms. The molecule has 0 radical (unpaired) electrons. The van der Waals surface area contributed by atoms with E-state index >= 15 is 0 Å². The summed E-state index contributed by atoms with van der Waals surface area (Å²) in [4.78, 5) is 37.3. The molecule has 2 aliphatic heterocycles. The van der Waals surface area contributed by atoms with E-state index in [1.165, 1.54) is 12.1 Å². The number of piperazine rings is 2. The Bertz CT molecular complexity index is 861. The third-order valence-corrected chi connectivity index (χ3v) is 5.73. The predicted molar refractivity (Wildman–Crippen MR) is 112 cm³/mol. The van der Waals surface area contributed by atoms with Crippen molar-refractivity contribution in [1.82, 2.24) is 19.7 Å². The highest BCUT2D eigenvalue weighted by molar-refractivity contribution is 5.92. The molecule has 0 saturated carbocycles. The van der Waals surface area contributed by atoms with Crippen LogP contribution in [0.1, 0.15) is 10.5 Å². The van der Waals surface area contributed by atoms with Crippen LogP contribution >= 0.6 is 0 Å². The van der Waals surface area contributed by atoms with E-state index in [2.05, 4.69) is 14.8 Å². The number of rotatable bonds is 4. The maximum absolute atomic E-state index is 13.1. The Hall–Kier alpha value is -3.00. The first-order valence-electron chi connectivity index (χ1n) is 10.3. The van der Waals surface area contributed by atoms with Crippen molar-refractivity contribution in [2.45, 2.75) is 0 Å². The second kappa shape index (κ2) is 9.21. The lowest BCUT2D eigenvalue weighted by molar-refractivity contribution is -0.133. The third-order valence-electron chi connectivity index (χ3n) is 5.73. The van der Waals surface area contributed by atoms with Crippen LogP contribution in [-0.4, -0.2) is 90.4 Å². The summed E-state index contributed by atoms with van der Waals surface area (Å²) in [5.41, 5.74) is 1.44. The number of anilines is 1. The molecule has 1 aromatic heterocycles. The highest BCUT2D eigenvalue weighted by Gasteiger charge is 2.27. The first-order chi connectivity index (χ1) is 14.6. The Morgan fingerprint density at radius 1 is 0.833 bits per heavy atom. The van der Waals surface area contributed by atoms with Gasteiger partial charge in [0.1, 0.15) is 11.5 Å². The van der Waals surface area contributed by atoms with Gasteiger partial charge in [0.2, 0.25) is 5.91 Å². The zero-order valence-electron chi connectivity index (χ0n) is 16.9. The number of benzene rings is 1. The molecule has 7 nitrogen and oxygen atoms in total. The Kier molecular flexibility index (Phi) is 6.23. The van der Waals surface area contributed by atoms with Crippen molar-refractivity contribution in [3.8, 4) is 0 Å². The summed E-state index contributed by atoms with van der Waals surface area (Å²) < 4.78 is 13.1. The highest BCUT2D eigenvalue weighted by atomic mass is 19.1. The Labute approximate surface area is 175 Å². The number of aromatic nitrogens is 1.